The molecule has 6 aromatic rings. The van der Waals surface area contributed by atoms with Crippen LogP contribution in [0.15, 0.2) is 89.7 Å². The number of imidazole rings is 1. The van der Waals surface area contributed by atoms with E-state index in [1.165, 1.54) is 22.1 Å². The number of rotatable bonds is 4. The maximum absolute atomic E-state index is 13.0. The van der Waals surface area contributed by atoms with Crippen molar-refractivity contribution in [2.24, 2.45) is 0 Å². The molecule has 6 heteroatoms. The highest BCUT2D eigenvalue weighted by molar-refractivity contribution is 14.1. The Morgan fingerprint density at radius 3 is 2.64 bits per heavy atom. The van der Waals surface area contributed by atoms with Crippen LogP contribution in [0.1, 0.15) is 11.1 Å². The zero-order valence-corrected chi connectivity index (χ0v) is 20.3. The van der Waals surface area contributed by atoms with Gasteiger partial charge in [0, 0.05) is 0 Å². The number of hydrogen-bond acceptors (Lipinski definition) is 4. The molecule has 0 aliphatic carbocycles. The summed E-state index contributed by atoms with van der Waals surface area (Å²) in [6.45, 7) is 0.504. The lowest BCUT2D eigenvalue weighted by Crippen LogP contribution is -2.22. The Labute approximate surface area is 206 Å². The van der Waals surface area contributed by atoms with Gasteiger partial charge >= 0.3 is 0 Å². The van der Waals surface area contributed by atoms with Gasteiger partial charge in [-0.05, 0) is 80.9 Å². The third-order valence-electron chi connectivity index (χ3n) is 5.61. The summed E-state index contributed by atoms with van der Waals surface area (Å²) >= 11 is 3.69. The highest BCUT2D eigenvalue weighted by Gasteiger charge is 2.11. The molecule has 0 atom stereocenters. The molecular formula is C27H17IN2O2S. The fourth-order valence-corrected chi connectivity index (χ4v) is 5.66. The van der Waals surface area contributed by atoms with Crippen LogP contribution in [-0.2, 0) is 6.61 Å². The van der Waals surface area contributed by atoms with Crippen molar-refractivity contribution >= 4 is 66.8 Å². The smallest absolute Gasteiger partial charge is 0.274 e. The Hall–Kier alpha value is -3.23. The van der Waals surface area contributed by atoms with Gasteiger partial charge in [-0.3, -0.25) is 4.79 Å². The molecule has 0 N–H and O–H groups in total. The van der Waals surface area contributed by atoms with Gasteiger partial charge in [0.2, 0.25) is 0 Å². The Morgan fingerprint density at radius 2 is 1.76 bits per heavy atom. The molecule has 0 radical (unpaired) electrons. The summed E-state index contributed by atoms with van der Waals surface area (Å²) in [5.74, 6) is 0.829. The number of halogens is 1. The summed E-state index contributed by atoms with van der Waals surface area (Å²) in [5.41, 5.74) is 3.75. The molecule has 2 aromatic heterocycles. The van der Waals surface area contributed by atoms with Gasteiger partial charge in [0.1, 0.15) is 12.4 Å². The van der Waals surface area contributed by atoms with Crippen LogP contribution in [0.2, 0.25) is 0 Å². The fraction of sp³-hybridized carbons (Fsp3) is 0.0370. The van der Waals surface area contributed by atoms with E-state index in [1.807, 2.05) is 60.7 Å². The lowest BCUT2D eigenvalue weighted by Gasteiger charge is -2.10. The van der Waals surface area contributed by atoms with Crippen molar-refractivity contribution in [3.63, 3.8) is 0 Å². The molecule has 33 heavy (non-hydrogen) atoms. The first-order chi connectivity index (χ1) is 16.2. The molecular weight excluding hydrogens is 543 g/mol. The minimum atomic E-state index is -0.0321. The average molecular weight is 560 g/mol. The van der Waals surface area contributed by atoms with E-state index in [9.17, 15) is 4.79 Å². The summed E-state index contributed by atoms with van der Waals surface area (Å²) in [6, 6.07) is 28.4. The maximum Gasteiger partial charge on any atom is 0.274 e. The zero-order chi connectivity index (χ0) is 22.4. The van der Waals surface area contributed by atoms with Crippen molar-refractivity contribution in [2.45, 2.75) is 6.61 Å². The lowest BCUT2D eigenvalue weighted by molar-refractivity contribution is 0.304. The highest BCUT2D eigenvalue weighted by atomic mass is 127. The number of thiazole rings is 1. The number of fused-ring (bicyclic) bond motifs is 4. The summed E-state index contributed by atoms with van der Waals surface area (Å²) in [6.07, 6.45) is 1.92. The molecule has 0 unspecified atom stereocenters. The number of para-hydroxylation sites is 2. The van der Waals surface area contributed by atoms with E-state index in [1.54, 1.807) is 4.40 Å². The van der Waals surface area contributed by atoms with Crippen LogP contribution in [-0.4, -0.2) is 9.38 Å². The van der Waals surface area contributed by atoms with Crippen LogP contribution in [0.5, 0.6) is 5.75 Å². The predicted octanol–water partition coefficient (Wildman–Crippen LogP) is 5.79. The van der Waals surface area contributed by atoms with Crippen LogP contribution in [0.4, 0.5) is 0 Å². The Bertz CT molecular complexity index is 1770. The van der Waals surface area contributed by atoms with Crippen molar-refractivity contribution < 1.29 is 4.74 Å². The molecule has 160 valence electrons. The van der Waals surface area contributed by atoms with Gasteiger partial charge in [0.25, 0.3) is 5.56 Å². The van der Waals surface area contributed by atoms with E-state index >= 15 is 0 Å². The van der Waals surface area contributed by atoms with Gasteiger partial charge in [-0.15, -0.1) is 0 Å². The van der Waals surface area contributed by atoms with Crippen molar-refractivity contribution in [2.75, 3.05) is 0 Å². The molecule has 4 nitrogen and oxygen atoms in total. The molecule has 0 aliphatic rings. The quantitative estimate of drug-likeness (QED) is 0.257. The molecule has 4 aromatic carbocycles. The topological polar surface area (TPSA) is 43.6 Å². The molecule has 0 saturated heterocycles. The molecule has 0 bridgehead atoms. The second kappa shape index (κ2) is 8.28. The van der Waals surface area contributed by atoms with Crippen LogP contribution in [0.25, 0.3) is 32.8 Å². The SMILES string of the molecule is O=c1/c(=C/c2ccc(OCc3ccc4ccccc4c3)c(I)c2)sc2nc3ccccc3n12. The first kappa shape index (κ1) is 20.4. The Morgan fingerprint density at radius 1 is 0.939 bits per heavy atom. The van der Waals surface area contributed by atoms with E-state index in [0.29, 0.717) is 11.1 Å². The number of ether oxygens (including phenoxy) is 1. The van der Waals surface area contributed by atoms with E-state index in [4.69, 9.17) is 4.74 Å². The summed E-state index contributed by atoms with van der Waals surface area (Å²) in [4.78, 5) is 18.3. The van der Waals surface area contributed by atoms with E-state index in [-0.39, 0.29) is 5.56 Å². The maximum atomic E-state index is 13.0. The minimum absolute atomic E-state index is 0.0321. The molecule has 0 spiro atoms. The van der Waals surface area contributed by atoms with Gasteiger partial charge < -0.3 is 4.74 Å². The van der Waals surface area contributed by atoms with Crippen molar-refractivity contribution in [1.82, 2.24) is 9.38 Å². The molecule has 0 saturated carbocycles. The largest absolute Gasteiger partial charge is 0.488 e. The fourth-order valence-electron chi connectivity index (χ4n) is 3.98. The normalized spacial score (nSPS) is 12.2. The van der Waals surface area contributed by atoms with Crippen LogP contribution >= 0.6 is 33.9 Å². The van der Waals surface area contributed by atoms with E-state index in [2.05, 4.69) is 57.9 Å². The van der Waals surface area contributed by atoms with Gasteiger partial charge in [-0.2, -0.15) is 0 Å². The first-order valence-corrected chi connectivity index (χ1v) is 12.4. The molecule has 6 rings (SSSR count). The average Bonchev–Trinajstić information content (AvgIpc) is 3.34. The summed E-state index contributed by atoms with van der Waals surface area (Å²) in [5, 5.41) is 2.43. The summed E-state index contributed by atoms with van der Waals surface area (Å²) < 4.78 is 9.45. The number of aromatic nitrogens is 2. The molecule has 0 amide bonds. The number of hydrogen-bond donors (Lipinski definition) is 0. The van der Waals surface area contributed by atoms with Crippen LogP contribution in [0.3, 0.4) is 0 Å². The van der Waals surface area contributed by atoms with Gasteiger partial charge in [0.05, 0.1) is 19.1 Å². The standard InChI is InChI=1S/C27H17IN2O2S/c28-21-14-17(15-25-26(31)30-23-8-4-3-7-22(23)29-27(30)33-25)10-12-24(21)32-16-18-9-11-19-5-1-2-6-20(19)13-18/h1-15H,16H2/b25-15-. The predicted molar refractivity (Wildman–Crippen MR) is 143 cm³/mol. The Kier molecular flexibility index (Phi) is 5.11. The van der Waals surface area contributed by atoms with E-state index < -0.39 is 0 Å². The second-order valence-electron chi connectivity index (χ2n) is 7.79. The summed E-state index contributed by atoms with van der Waals surface area (Å²) in [7, 11) is 0. The van der Waals surface area contributed by atoms with Crippen molar-refractivity contribution in [1.29, 1.82) is 0 Å². The Balaban J connectivity index is 1.27. The van der Waals surface area contributed by atoms with Crippen LogP contribution < -0.4 is 14.8 Å². The highest BCUT2D eigenvalue weighted by Crippen LogP contribution is 2.24. The van der Waals surface area contributed by atoms with Gasteiger partial charge in [-0.25, -0.2) is 9.38 Å². The third kappa shape index (κ3) is 3.79. The number of benzene rings is 4. The number of nitrogens with zero attached hydrogens (tertiary/aromatic N) is 2. The zero-order valence-electron chi connectivity index (χ0n) is 17.4. The first-order valence-electron chi connectivity index (χ1n) is 10.5. The van der Waals surface area contributed by atoms with Gasteiger partial charge in [-0.1, -0.05) is 65.9 Å². The minimum Gasteiger partial charge on any atom is -0.488 e. The molecule has 2 heterocycles. The van der Waals surface area contributed by atoms with Gasteiger partial charge in [0.15, 0.2) is 4.96 Å². The molecule has 0 fully saturated rings. The van der Waals surface area contributed by atoms with E-state index in [0.717, 1.165) is 36.4 Å². The lowest BCUT2D eigenvalue weighted by atomic mass is 10.1. The second-order valence-corrected chi connectivity index (χ2v) is 9.97. The monoisotopic (exact) mass is 560 g/mol. The van der Waals surface area contributed by atoms with Crippen LogP contribution in [0, 0.1) is 3.57 Å². The van der Waals surface area contributed by atoms with Crippen molar-refractivity contribution in [3.05, 3.63) is 115 Å². The molecule has 0 aliphatic heterocycles. The third-order valence-corrected chi connectivity index (χ3v) is 7.42. The van der Waals surface area contributed by atoms with Crippen molar-refractivity contribution in [3.8, 4) is 5.75 Å².